The van der Waals surface area contributed by atoms with Crippen molar-refractivity contribution in [1.82, 2.24) is 20.1 Å². The van der Waals surface area contributed by atoms with Crippen LogP contribution in [-0.4, -0.2) is 26.8 Å². The summed E-state index contributed by atoms with van der Waals surface area (Å²) in [4.78, 5) is 39.2. The summed E-state index contributed by atoms with van der Waals surface area (Å²) in [5.74, 6) is -1.23. The number of aromatic nitrogens is 3. The number of hydrogen-bond acceptors (Lipinski definition) is 5. The zero-order valence-corrected chi connectivity index (χ0v) is 18.0. The predicted molar refractivity (Wildman–Crippen MR) is 116 cm³/mol. The summed E-state index contributed by atoms with van der Waals surface area (Å²) in [6.45, 7) is 6.29. The summed E-state index contributed by atoms with van der Waals surface area (Å²) in [5.41, 5.74) is 0.290. The Morgan fingerprint density at radius 1 is 1.12 bits per heavy atom. The molecule has 1 aromatic carbocycles. The smallest absolute Gasteiger partial charge is 0.404 e. The van der Waals surface area contributed by atoms with E-state index < -0.39 is 28.8 Å². The van der Waals surface area contributed by atoms with E-state index >= 15 is 4.39 Å². The molecule has 9 heteroatoms. The molecule has 8 nitrogen and oxygen atoms in total. The average Bonchev–Trinajstić information content (AvgIpc) is 3.35. The fourth-order valence-electron chi connectivity index (χ4n) is 4.09. The van der Waals surface area contributed by atoms with Crippen molar-refractivity contribution < 1.29 is 18.7 Å². The number of H-pyrrole nitrogens is 1. The third-order valence-corrected chi connectivity index (χ3v) is 6.04. The molecule has 1 aliphatic rings. The van der Waals surface area contributed by atoms with E-state index in [-0.39, 0.29) is 11.3 Å². The number of alkyl carbamates (subject to hydrolysis) is 1. The van der Waals surface area contributed by atoms with Crippen LogP contribution >= 0.6 is 0 Å². The van der Waals surface area contributed by atoms with E-state index in [9.17, 15) is 14.4 Å². The normalized spacial score (nSPS) is 15.4. The number of aryl methyl sites for hydroxylation is 1. The van der Waals surface area contributed by atoms with E-state index in [2.05, 4.69) is 15.4 Å². The van der Waals surface area contributed by atoms with E-state index in [0.29, 0.717) is 41.5 Å². The highest BCUT2D eigenvalue weighted by Crippen LogP contribution is 2.34. The van der Waals surface area contributed by atoms with E-state index in [1.54, 1.807) is 35.1 Å². The van der Waals surface area contributed by atoms with Crippen LogP contribution in [0.15, 0.2) is 47.1 Å². The molecule has 2 amide bonds. The van der Waals surface area contributed by atoms with E-state index in [0.717, 1.165) is 0 Å². The minimum Gasteiger partial charge on any atom is -0.404 e. The molecule has 1 saturated heterocycles. The number of carbonyl (C=O) groups is 2. The summed E-state index contributed by atoms with van der Waals surface area (Å²) in [6, 6.07) is 6.58. The van der Waals surface area contributed by atoms with E-state index in [1.807, 2.05) is 20.8 Å². The molecule has 1 fully saturated rings. The molecule has 0 atom stereocenters. The van der Waals surface area contributed by atoms with Gasteiger partial charge in [0.05, 0.1) is 16.6 Å². The molecule has 2 N–H and O–H groups in total. The van der Waals surface area contributed by atoms with Gasteiger partial charge in [0.1, 0.15) is 5.82 Å². The maximum atomic E-state index is 15.2. The number of amides is 2. The van der Waals surface area contributed by atoms with Gasteiger partial charge in [-0.3, -0.25) is 19.6 Å². The quantitative estimate of drug-likeness (QED) is 0.570. The molecule has 32 heavy (non-hydrogen) atoms. The molecule has 0 bridgehead atoms. The monoisotopic (exact) mass is 438 g/mol. The van der Waals surface area contributed by atoms with Gasteiger partial charge in [-0.1, -0.05) is 19.9 Å². The van der Waals surface area contributed by atoms with E-state index in [1.165, 1.54) is 6.08 Å². The number of imide groups is 1. The summed E-state index contributed by atoms with van der Waals surface area (Å²) < 4.78 is 21.8. The summed E-state index contributed by atoms with van der Waals surface area (Å²) >= 11 is 0. The van der Waals surface area contributed by atoms with Crippen molar-refractivity contribution in [3.63, 3.8) is 0 Å². The van der Waals surface area contributed by atoms with Gasteiger partial charge in [0.25, 0.3) is 11.5 Å². The molecule has 0 radical (unpaired) electrons. The van der Waals surface area contributed by atoms with Crippen molar-refractivity contribution >= 4 is 22.9 Å². The van der Waals surface area contributed by atoms with Crippen molar-refractivity contribution in [2.45, 2.75) is 45.6 Å². The van der Waals surface area contributed by atoms with Gasteiger partial charge in [-0.15, -0.1) is 0 Å². The molecular weight excluding hydrogens is 415 g/mol. The van der Waals surface area contributed by atoms with Gasteiger partial charge in [-0.05, 0) is 44.0 Å². The first-order chi connectivity index (χ1) is 15.3. The Morgan fingerprint density at radius 2 is 1.88 bits per heavy atom. The topological polar surface area (TPSA) is 106 Å². The molecule has 0 spiro atoms. The highest BCUT2D eigenvalue weighted by Gasteiger charge is 2.35. The Bertz CT molecular complexity index is 1320. The number of benzene rings is 1. The Hall–Kier alpha value is -3.75. The highest BCUT2D eigenvalue weighted by molar-refractivity contribution is 6.07. The van der Waals surface area contributed by atoms with Gasteiger partial charge in [-0.2, -0.15) is 5.10 Å². The number of fused-ring (bicyclic) bond motifs is 1. The molecular formula is C23H23FN4O4. The molecule has 0 unspecified atom stereocenters. The number of allylic oxidation sites excluding steroid dienone is 1. The lowest BCUT2D eigenvalue weighted by atomic mass is 9.75. The number of carbonyl (C=O) groups excluding carboxylic acids is 2. The number of nitrogens with one attached hydrogen (secondary N) is 2. The van der Waals surface area contributed by atoms with Crippen molar-refractivity contribution in [1.29, 1.82) is 0 Å². The maximum absolute atomic E-state index is 15.2. The van der Waals surface area contributed by atoms with Crippen LogP contribution in [0.4, 0.5) is 9.18 Å². The predicted octanol–water partition coefficient (Wildman–Crippen LogP) is 3.76. The highest BCUT2D eigenvalue weighted by atomic mass is 19.1. The van der Waals surface area contributed by atoms with Crippen LogP contribution in [0.3, 0.4) is 0 Å². The minimum absolute atomic E-state index is 0.133. The number of nitrogens with zero attached hydrogens (tertiary/aromatic N) is 2. The van der Waals surface area contributed by atoms with Crippen LogP contribution < -0.4 is 10.9 Å². The second kappa shape index (κ2) is 8.07. The number of hydrogen-bond donors (Lipinski definition) is 2. The van der Waals surface area contributed by atoms with E-state index in [4.69, 9.17) is 4.74 Å². The largest absolute Gasteiger partial charge is 0.419 e. The Morgan fingerprint density at radius 3 is 2.47 bits per heavy atom. The number of ether oxygens (including phenoxy) is 1. The summed E-state index contributed by atoms with van der Waals surface area (Å²) in [7, 11) is 0. The fourth-order valence-corrected chi connectivity index (χ4v) is 4.09. The van der Waals surface area contributed by atoms with Crippen LogP contribution in [0.1, 0.15) is 39.2 Å². The van der Waals surface area contributed by atoms with Gasteiger partial charge >= 0.3 is 6.09 Å². The first-order valence-electron chi connectivity index (χ1n) is 10.5. The first kappa shape index (κ1) is 21.5. The average molecular weight is 438 g/mol. The first-order valence-corrected chi connectivity index (χ1v) is 10.5. The van der Waals surface area contributed by atoms with Crippen LogP contribution in [0, 0.1) is 5.82 Å². The molecule has 166 valence electrons. The molecule has 0 aliphatic carbocycles. The fraction of sp³-hybridized carbons (Fsp3) is 0.304. The zero-order valence-electron chi connectivity index (χ0n) is 18.0. The Kier molecular flexibility index (Phi) is 5.41. The number of halogens is 1. The third-order valence-electron chi connectivity index (χ3n) is 6.04. The molecule has 3 heterocycles. The van der Waals surface area contributed by atoms with Crippen molar-refractivity contribution in [2.75, 3.05) is 0 Å². The minimum atomic E-state index is -0.844. The van der Waals surface area contributed by atoms with Gasteiger partial charge in [0.2, 0.25) is 0 Å². The second-order valence-corrected chi connectivity index (χ2v) is 7.67. The molecule has 1 aliphatic heterocycles. The summed E-state index contributed by atoms with van der Waals surface area (Å²) in [5, 5.41) is 6.74. The second-order valence-electron chi connectivity index (χ2n) is 7.67. The number of rotatable bonds is 6. The lowest BCUT2D eigenvalue weighted by molar-refractivity contribution is -0.116. The zero-order chi connectivity index (χ0) is 23.0. The standard InChI is InChI=1S/C23H23FN4O4/c1-4-23(5-2,11-18-21(30)26-22(31)32-18)15-8-10-16(25-20(15)29)13-7-9-17-14(19(13)24)12-28(6-3)27-17/h7-12H,4-6H2,1-3H3,(H,25,29)(H,26,30,31)/b18-11-. The van der Waals surface area contributed by atoms with Gasteiger partial charge < -0.3 is 9.72 Å². The third kappa shape index (κ3) is 3.49. The molecule has 0 saturated carbocycles. The number of cyclic esters (lactones) is 1. The Labute approximate surface area is 183 Å². The SMILES string of the molecule is CCn1cc2c(F)c(-c3ccc(C(/C=C4\OC(=O)NC4=O)(CC)CC)c(=O)[nH]3)ccc2n1. The van der Waals surface area contributed by atoms with Gasteiger partial charge in [0.15, 0.2) is 5.76 Å². The van der Waals surface area contributed by atoms with Crippen LogP contribution in [0.2, 0.25) is 0 Å². The summed E-state index contributed by atoms with van der Waals surface area (Å²) in [6.07, 6.45) is 3.28. The maximum Gasteiger partial charge on any atom is 0.419 e. The van der Waals surface area contributed by atoms with Crippen molar-refractivity contribution in [3.8, 4) is 11.3 Å². The Balaban J connectivity index is 1.79. The lowest BCUT2D eigenvalue weighted by Gasteiger charge is -2.28. The van der Waals surface area contributed by atoms with Crippen molar-refractivity contribution in [2.24, 2.45) is 0 Å². The lowest BCUT2D eigenvalue weighted by Crippen LogP contribution is -2.31. The van der Waals surface area contributed by atoms with Crippen LogP contribution in [-0.2, 0) is 21.5 Å². The van der Waals surface area contributed by atoms with Gasteiger partial charge in [-0.25, -0.2) is 9.18 Å². The number of pyridine rings is 1. The van der Waals surface area contributed by atoms with Gasteiger partial charge in [0, 0.05) is 29.3 Å². The molecule has 4 rings (SSSR count). The van der Waals surface area contributed by atoms with Crippen molar-refractivity contribution in [3.05, 3.63) is 64.0 Å². The molecule has 3 aromatic rings. The number of aromatic amines is 1. The van der Waals surface area contributed by atoms with Crippen LogP contribution in [0.25, 0.3) is 22.2 Å². The molecule has 2 aromatic heterocycles. The van der Waals surface area contributed by atoms with Crippen LogP contribution in [0.5, 0.6) is 0 Å².